The van der Waals surface area contributed by atoms with Crippen molar-refractivity contribution in [2.45, 2.75) is 0 Å². The quantitative estimate of drug-likeness (QED) is 0.878. The minimum absolute atomic E-state index is 0.340. The maximum Gasteiger partial charge on any atom is 0.336 e. The van der Waals surface area contributed by atoms with E-state index < -0.39 is 11.9 Å². The van der Waals surface area contributed by atoms with E-state index in [1.54, 1.807) is 28.3 Å². The van der Waals surface area contributed by atoms with Crippen LogP contribution in [0.4, 0.5) is 0 Å². The molecule has 0 fully saturated rings. The molecule has 0 saturated heterocycles. The maximum atomic E-state index is 10.2. The SMILES string of the molecule is O=C(O)c1ccsc1.O=C(O)c1csc(Br)c1. The number of carboxylic acids is 2. The molecule has 0 aliphatic heterocycles. The summed E-state index contributed by atoms with van der Waals surface area (Å²) in [6, 6.07) is 3.15. The normalized spacial score (nSPS) is 9.24. The molecular weight excluding hydrogens is 328 g/mol. The summed E-state index contributed by atoms with van der Waals surface area (Å²) in [5.74, 6) is -1.73. The zero-order valence-electron chi connectivity index (χ0n) is 8.29. The van der Waals surface area contributed by atoms with Gasteiger partial charge >= 0.3 is 11.9 Å². The van der Waals surface area contributed by atoms with Gasteiger partial charge in [0.2, 0.25) is 0 Å². The average Bonchev–Trinajstić information content (AvgIpc) is 2.87. The van der Waals surface area contributed by atoms with E-state index >= 15 is 0 Å². The third kappa shape index (κ3) is 4.68. The molecule has 0 saturated carbocycles. The van der Waals surface area contributed by atoms with Gasteiger partial charge in [-0.25, -0.2) is 9.59 Å². The molecule has 2 aromatic rings. The number of halogens is 1. The molecule has 0 aliphatic carbocycles. The second-order valence-corrected chi connectivity index (χ2v) is 5.83. The van der Waals surface area contributed by atoms with E-state index in [9.17, 15) is 9.59 Å². The van der Waals surface area contributed by atoms with Crippen LogP contribution in [0.1, 0.15) is 20.7 Å². The molecule has 2 N–H and O–H groups in total. The van der Waals surface area contributed by atoms with E-state index in [-0.39, 0.29) is 0 Å². The van der Waals surface area contributed by atoms with E-state index in [1.165, 1.54) is 22.7 Å². The number of hydrogen-bond acceptors (Lipinski definition) is 4. The maximum absolute atomic E-state index is 10.2. The fraction of sp³-hybridized carbons (Fsp3) is 0. The lowest BCUT2D eigenvalue weighted by Gasteiger charge is -1.79. The Morgan fingerprint density at radius 2 is 1.76 bits per heavy atom. The third-order valence-corrected chi connectivity index (χ3v) is 3.77. The number of carboxylic acid groups (broad SMARTS) is 2. The topological polar surface area (TPSA) is 74.6 Å². The molecule has 2 rings (SSSR count). The van der Waals surface area contributed by atoms with Gasteiger partial charge in [-0.3, -0.25) is 0 Å². The van der Waals surface area contributed by atoms with Gasteiger partial charge in [-0.2, -0.15) is 11.3 Å². The van der Waals surface area contributed by atoms with Crippen molar-refractivity contribution in [3.8, 4) is 0 Å². The minimum Gasteiger partial charge on any atom is -0.478 e. The number of thiophene rings is 2. The molecule has 2 aromatic heterocycles. The highest BCUT2D eigenvalue weighted by atomic mass is 79.9. The van der Waals surface area contributed by atoms with E-state index in [1.807, 2.05) is 0 Å². The summed E-state index contributed by atoms with van der Waals surface area (Å²) >= 11 is 5.91. The largest absolute Gasteiger partial charge is 0.478 e. The number of carbonyl (C=O) groups is 2. The van der Waals surface area contributed by atoms with Crippen LogP contribution in [0.25, 0.3) is 0 Å². The van der Waals surface area contributed by atoms with E-state index in [4.69, 9.17) is 10.2 Å². The Morgan fingerprint density at radius 1 is 1.12 bits per heavy atom. The molecule has 17 heavy (non-hydrogen) atoms. The summed E-state index contributed by atoms with van der Waals surface area (Å²) in [7, 11) is 0. The fourth-order valence-corrected chi connectivity index (χ4v) is 2.57. The van der Waals surface area contributed by atoms with E-state index in [2.05, 4.69) is 15.9 Å². The molecule has 0 amide bonds. The van der Waals surface area contributed by atoms with Crippen LogP contribution in [0.2, 0.25) is 0 Å². The Labute approximate surface area is 113 Å². The van der Waals surface area contributed by atoms with Crippen molar-refractivity contribution in [1.29, 1.82) is 0 Å². The Balaban J connectivity index is 0.000000171. The highest BCUT2D eigenvalue weighted by Crippen LogP contribution is 2.20. The van der Waals surface area contributed by atoms with Crippen LogP contribution < -0.4 is 0 Å². The van der Waals surface area contributed by atoms with Crippen LogP contribution in [0.5, 0.6) is 0 Å². The highest BCUT2D eigenvalue weighted by molar-refractivity contribution is 9.11. The predicted molar refractivity (Wildman–Crippen MR) is 70.3 cm³/mol. The van der Waals surface area contributed by atoms with Crippen LogP contribution in [0.3, 0.4) is 0 Å². The van der Waals surface area contributed by atoms with Crippen molar-refractivity contribution in [3.63, 3.8) is 0 Å². The Morgan fingerprint density at radius 3 is 2.00 bits per heavy atom. The Kier molecular flexibility index (Phi) is 5.33. The zero-order valence-corrected chi connectivity index (χ0v) is 11.5. The van der Waals surface area contributed by atoms with Crippen LogP contribution in [0, 0.1) is 0 Å². The summed E-state index contributed by atoms with van der Waals surface area (Å²) in [6.07, 6.45) is 0. The smallest absolute Gasteiger partial charge is 0.336 e. The first-order chi connectivity index (χ1) is 8.00. The highest BCUT2D eigenvalue weighted by Gasteiger charge is 2.03. The molecule has 90 valence electrons. The van der Waals surface area contributed by atoms with Gasteiger partial charge in [0, 0.05) is 10.8 Å². The molecule has 7 heteroatoms. The molecule has 4 nitrogen and oxygen atoms in total. The predicted octanol–water partition coefficient (Wildman–Crippen LogP) is 3.66. The molecule has 0 unspecified atom stereocenters. The molecule has 0 spiro atoms. The number of rotatable bonds is 2. The first-order valence-corrected chi connectivity index (χ1v) is 6.85. The molecule has 0 atom stereocenters. The molecule has 0 aromatic carbocycles. The number of hydrogen-bond donors (Lipinski definition) is 2. The summed E-state index contributed by atoms with van der Waals surface area (Å²) in [5.41, 5.74) is 0.710. The first-order valence-electron chi connectivity index (χ1n) is 4.23. The Bertz CT molecular complexity index is 504. The molecular formula is C10H7BrO4S2. The zero-order chi connectivity index (χ0) is 12.8. The lowest BCUT2D eigenvalue weighted by Crippen LogP contribution is -1.91. The van der Waals surface area contributed by atoms with Crippen molar-refractivity contribution in [3.05, 3.63) is 43.2 Å². The van der Waals surface area contributed by atoms with Gasteiger partial charge < -0.3 is 10.2 Å². The van der Waals surface area contributed by atoms with Gasteiger partial charge in [-0.1, -0.05) is 0 Å². The van der Waals surface area contributed by atoms with E-state index in [0.717, 1.165) is 3.79 Å². The van der Waals surface area contributed by atoms with Crippen molar-refractivity contribution in [1.82, 2.24) is 0 Å². The Hall–Kier alpha value is -1.18. The summed E-state index contributed by atoms with van der Waals surface area (Å²) < 4.78 is 0.847. The molecule has 0 radical (unpaired) electrons. The lowest BCUT2D eigenvalue weighted by molar-refractivity contribution is 0.0686. The van der Waals surface area contributed by atoms with Gasteiger partial charge in [0.15, 0.2) is 0 Å². The third-order valence-electron chi connectivity index (χ3n) is 1.58. The second-order valence-electron chi connectivity index (χ2n) is 2.76. The molecule has 0 bridgehead atoms. The van der Waals surface area contributed by atoms with Gasteiger partial charge in [0.25, 0.3) is 0 Å². The summed E-state index contributed by atoms with van der Waals surface area (Å²) in [4.78, 5) is 20.3. The van der Waals surface area contributed by atoms with Crippen molar-refractivity contribution >= 4 is 50.5 Å². The molecule has 0 aliphatic rings. The van der Waals surface area contributed by atoms with E-state index in [0.29, 0.717) is 11.1 Å². The first kappa shape index (κ1) is 13.9. The van der Waals surface area contributed by atoms with Crippen LogP contribution in [-0.4, -0.2) is 22.2 Å². The van der Waals surface area contributed by atoms with Crippen LogP contribution >= 0.6 is 38.6 Å². The summed E-state index contributed by atoms with van der Waals surface area (Å²) in [5, 5.41) is 21.6. The lowest BCUT2D eigenvalue weighted by atomic mass is 10.4. The summed E-state index contributed by atoms with van der Waals surface area (Å²) in [6.45, 7) is 0. The minimum atomic E-state index is -0.878. The molecule has 2 heterocycles. The fourth-order valence-electron chi connectivity index (χ4n) is 0.808. The average molecular weight is 335 g/mol. The van der Waals surface area contributed by atoms with Crippen LogP contribution in [0.15, 0.2) is 32.1 Å². The van der Waals surface area contributed by atoms with Gasteiger partial charge in [0.05, 0.1) is 14.9 Å². The monoisotopic (exact) mass is 334 g/mol. The van der Waals surface area contributed by atoms with Crippen molar-refractivity contribution in [2.24, 2.45) is 0 Å². The number of aromatic carboxylic acids is 2. The van der Waals surface area contributed by atoms with Crippen LogP contribution in [-0.2, 0) is 0 Å². The van der Waals surface area contributed by atoms with Gasteiger partial charge in [-0.15, -0.1) is 11.3 Å². The van der Waals surface area contributed by atoms with Crippen molar-refractivity contribution in [2.75, 3.05) is 0 Å². The van der Waals surface area contributed by atoms with Gasteiger partial charge in [-0.05, 0) is 33.4 Å². The van der Waals surface area contributed by atoms with Gasteiger partial charge in [0.1, 0.15) is 0 Å². The second kappa shape index (κ2) is 6.53. The standard InChI is InChI=1S/C5H3BrO2S.C5H4O2S/c6-4-1-3(2-9-4)5(7)8;6-5(7)4-1-2-8-3-4/h1-2H,(H,7,8);1-3H,(H,6,7). The van der Waals surface area contributed by atoms with Crippen molar-refractivity contribution < 1.29 is 19.8 Å².